The van der Waals surface area contributed by atoms with Crippen molar-refractivity contribution in [3.05, 3.63) is 35.9 Å². The molecular formula is C15H27O3P. The van der Waals surface area contributed by atoms with Crippen molar-refractivity contribution in [3.63, 3.8) is 0 Å². The molecule has 3 nitrogen and oxygen atoms in total. The zero-order valence-electron chi connectivity index (χ0n) is 11.8. The van der Waals surface area contributed by atoms with Crippen LogP contribution in [0.5, 0.6) is 0 Å². The standard InChI is InChI=1S/C15H24.H3O3P/c1-2-3-4-5-6-7-9-12-15-13-10-8-11-14-15;1-4(2)3/h8,10-11,13-14H,2-7,9,12H2,1H3;1-3H. The molecule has 0 atom stereocenters. The third-order valence-electron chi connectivity index (χ3n) is 2.91. The second-order valence-corrected chi connectivity index (χ2v) is 5.16. The minimum atomic E-state index is -2.62. The van der Waals surface area contributed by atoms with Gasteiger partial charge in [0.05, 0.1) is 0 Å². The average Bonchev–Trinajstić information content (AvgIpc) is 2.38. The minimum absolute atomic E-state index is 1.26. The van der Waals surface area contributed by atoms with E-state index in [1.54, 1.807) is 0 Å². The van der Waals surface area contributed by atoms with Gasteiger partial charge in [-0.3, -0.25) is 0 Å². The Morgan fingerprint density at radius 2 is 1.26 bits per heavy atom. The van der Waals surface area contributed by atoms with Crippen LogP contribution in [0.4, 0.5) is 0 Å². The van der Waals surface area contributed by atoms with E-state index in [9.17, 15) is 0 Å². The molecule has 0 bridgehead atoms. The molecule has 0 amide bonds. The summed E-state index contributed by atoms with van der Waals surface area (Å²) in [5, 5.41) is 0. The van der Waals surface area contributed by atoms with Crippen LogP contribution in [0.1, 0.15) is 57.4 Å². The quantitative estimate of drug-likeness (QED) is 0.496. The third-order valence-corrected chi connectivity index (χ3v) is 2.91. The highest BCUT2D eigenvalue weighted by atomic mass is 31.2. The minimum Gasteiger partial charge on any atom is -0.328 e. The highest BCUT2D eigenvalue weighted by molar-refractivity contribution is 7.38. The maximum Gasteiger partial charge on any atom is 0.324 e. The largest absolute Gasteiger partial charge is 0.328 e. The second-order valence-electron chi connectivity index (χ2n) is 4.63. The summed E-state index contributed by atoms with van der Waals surface area (Å²) in [4.78, 5) is 21.7. The van der Waals surface area contributed by atoms with Crippen LogP contribution in [0.25, 0.3) is 0 Å². The molecule has 1 aromatic carbocycles. The molecule has 4 heteroatoms. The fraction of sp³-hybridized carbons (Fsp3) is 0.600. The Bertz CT molecular complexity index is 275. The summed E-state index contributed by atoms with van der Waals surface area (Å²) in [5.41, 5.74) is 1.49. The SMILES string of the molecule is CCCCCCCCCc1ccccc1.OP(O)O. The zero-order chi connectivity index (χ0) is 14.3. The van der Waals surface area contributed by atoms with Crippen LogP contribution in [0.15, 0.2) is 30.3 Å². The fourth-order valence-electron chi connectivity index (χ4n) is 1.93. The molecule has 0 spiro atoms. The lowest BCUT2D eigenvalue weighted by atomic mass is 10.0. The van der Waals surface area contributed by atoms with Crippen molar-refractivity contribution < 1.29 is 14.7 Å². The summed E-state index contributed by atoms with van der Waals surface area (Å²) in [5.74, 6) is 0. The highest BCUT2D eigenvalue weighted by Crippen LogP contribution is 2.11. The summed E-state index contributed by atoms with van der Waals surface area (Å²) in [6.07, 6.45) is 11.1. The predicted molar refractivity (Wildman–Crippen MR) is 81.7 cm³/mol. The normalized spacial score (nSPS) is 10.2. The van der Waals surface area contributed by atoms with Crippen molar-refractivity contribution in [3.8, 4) is 0 Å². The van der Waals surface area contributed by atoms with E-state index in [0.717, 1.165) is 0 Å². The number of hydrogen-bond donors (Lipinski definition) is 3. The van der Waals surface area contributed by atoms with Crippen LogP contribution in [-0.2, 0) is 6.42 Å². The first kappa shape index (κ1) is 18.5. The summed E-state index contributed by atoms with van der Waals surface area (Å²) in [6.45, 7) is 2.27. The van der Waals surface area contributed by atoms with Crippen molar-refractivity contribution in [1.82, 2.24) is 0 Å². The van der Waals surface area contributed by atoms with Gasteiger partial charge in [0, 0.05) is 0 Å². The summed E-state index contributed by atoms with van der Waals surface area (Å²) in [7, 11) is -2.62. The zero-order valence-corrected chi connectivity index (χ0v) is 12.7. The first-order valence-electron chi connectivity index (χ1n) is 7.07. The number of hydrogen-bond acceptors (Lipinski definition) is 3. The van der Waals surface area contributed by atoms with Gasteiger partial charge in [-0.25, -0.2) is 0 Å². The van der Waals surface area contributed by atoms with Gasteiger partial charge in [0.25, 0.3) is 0 Å². The molecule has 0 aromatic heterocycles. The highest BCUT2D eigenvalue weighted by Gasteiger charge is 1.92. The molecule has 110 valence electrons. The van der Waals surface area contributed by atoms with Crippen molar-refractivity contribution in [2.24, 2.45) is 0 Å². The van der Waals surface area contributed by atoms with E-state index in [4.69, 9.17) is 14.7 Å². The molecule has 0 radical (unpaired) electrons. The van der Waals surface area contributed by atoms with Crippen molar-refractivity contribution in [2.75, 3.05) is 0 Å². The summed E-state index contributed by atoms with van der Waals surface area (Å²) in [6, 6.07) is 10.8. The maximum atomic E-state index is 7.23. The lowest BCUT2D eigenvalue weighted by Gasteiger charge is -2.01. The smallest absolute Gasteiger partial charge is 0.324 e. The molecule has 0 heterocycles. The molecule has 3 N–H and O–H groups in total. The Balaban J connectivity index is 0.000000711. The molecular weight excluding hydrogens is 259 g/mol. The molecule has 0 fully saturated rings. The molecule has 0 aliphatic rings. The first-order valence-corrected chi connectivity index (χ1v) is 8.27. The fourth-order valence-corrected chi connectivity index (χ4v) is 1.93. The van der Waals surface area contributed by atoms with Crippen molar-refractivity contribution in [2.45, 2.75) is 58.3 Å². The van der Waals surface area contributed by atoms with Crippen LogP contribution in [0, 0.1) is 0 Å². The molecule has 0 aliphatic heterocycles. The van der Waals surface area contributed by atoms with Gasteiger partial charge in [0.1, 0.15) is 0 Å². The maximum absolute atomic E-state index is 7.23. The van der Waals surface area contributed by atoms with Gasteiger partial charge in [-0.2, -0.15) is 0 Å². The molecule has 0 saturated heterocycles. The lowest BCUT2D eigenvalue weighted by Crippen LogP contribution is -1.85. The van der Waals surface area contributed by atoms with E-state index in [2.05, 4.69) is 37.3 Å². The van der Waals surface area contributed by atoms with E-state index in [1.165, 1.54) is 56.9 Å². The van der Waals surface area contributed by atoms with Gasteiger partial charge in [0.15, 0.2) is 0 Å². The lowest BCUT2D eigenvalue weighted by molar-refractivity contribution is 0.368. The Labute approximate surface area is 118 Å². The topological polar surface area (TPSA) is 60.7 Å². The number of unbranched alkanes of at least 4 members (excludes halogenated alkanes) is 6. The Kier molecular flexibility index (Phi) is 13.6. The molecule has 1 rings (SSSR count). The van der Waals surface area contributed by atoms with E-state index in [0.29, 0.717) is 0 Å². The van der Waals surface area contributed by atoms with E-state index in [1.807, 2.05) is 0 Å². The van der Waals surface area contributed by atoms with E-state index >= 15 is 0 Å². The molecule has 1 aromatic rings. The van der Waals surface area contributed by atoms with Gasteiger partial charge in [-0.1, -0.05) is 75.8 Å². The van der Waals surface area contributed by atoms with E-state index in [-0.39, 0.29) is 0 Å². The third kappa shape index (κ3) is 15.5. The molecule has 19 heavy (non-hydrogen) atoms. The second kappa shape index (κ2) is 14.0. The van der Waals surface area contributed by atoms with Crippen LogP contribution < -0.4 is 0 Å². The van der Waals surface area contributed by atoms with Gasteiger partial charge in [0.2, 0.25) is 0 Å². The van der Waals surface area contributed by atoms with Gasteiger partial charge < -0.3 is 14.7 Å². The monoisotopic (exact) mass is 286 g/mol. The number of rotatable bonds is 8. The molecule has 0 unspecified atom stereocenters. The van der Waals surface area contributed by atoms with Gasteiger partial charge in [-0.15, -0.1) is 0 Å². The van der Waals surface area contributed by atoms with Gasteiger partial charge >= 0.3 is 8.60 Å². The van der Waals surface area contributed by atoms with E-state index < -0.39 is 8.60 Å². The predicted octanol–water partition coefficient (Wildman–Crippen LogP) is 4.17. The van der Waals surface area contributed by atoms with Gasteiger partial charge in [-0.05, 0) is 18.4 Å². The summed E-state index contributed by atoms with van der Waals surface area (Å²) < 4.78 is 0. The Morgan fingerprint density at radius 3 is 1.79 bits per heavy atom. The van der Waals surface area contributed by atoms with Crippen LogP contribution in [-0.4, -0.2) is 14.7 Å². The van der Waals surface area contributed by atoms with Crippen molar-refractivity contribution in [1.29, 1.82) is 0 Å². The Hall–Kier alpha value is -0.470. The van der Waals surface area contributed by atoms with Crippen LogP contribution in [0.3, 0.4) is 0 Å². The number of benzene rings is 1. The van der Waals surface area contributed by atoms with Crippen LogP contribution >= 0.6 is 8.60 Å². The first-order chi connectivity index (χ1) is 9.16. The summed E-state index contributed by atoms with van der Waals surface area (Å²) >= 11 is 0. The van der Waals surface area contributed by atoms with Crippen molar-refractivity contribution >= 4 is 8.60 Å². The Morgan fingerprint density at radius 1 is 0.789 bits per heavy atom. The average molecular weight is 286 g/mol. The van der Waals surface area contributed by atoms with Crippen LogP contribution in [0.2, 0.25) is 0 Å². The molecule has 0 saturated carbocycles. The number of aryl methyl sites for hydroxylation is 1. The molecule has 0 aliphatic carbocycles.